The van der Waals surface area contributed by atoms with E-state index in [0.29, 0.717) is 17.9 Å². The zero-order valence-corrected chi connectivity index (χ0v) is 17.3. The first-order valence-corrected chi connectivity index (χ1v) is 10.1. The molecule has 1 fully saturated rings. The summed E-state index contributed by atoms with van der Waals surface area (Å²) in [6, 6.07) is 15.5. The van der Waals surface area contributed by atoms with Gasteiger partial charge in [0, 0.05) is 19.2 Å². The zero-order valence-electron chi connectivity index (χ0n) is 17.3. The lowest BCUT2D eigenvalue weighted by Gasteiger charge is -2.25. The fraction of sp³-hybridized carbons (Fsp3) is 0.333. The van der Waals surface area contributed by atoms with E-state index < -0.39 is 17.7 Å². The van der Waals surface area contributed by atoms with E-state index in [4.69, 9.17) is 9.47 Å². The van der Waals surface area contributed by atoms with Gasteiger partial charge in [-0.05, 0) is 24.1 Å². The molecule has 0 radical (unpaired) electrons. The number of nitrogens with zero attached hydrogens (tertiary/aromatic N) is 1. The summed E-state index contributed by atoms with van der Waals surface area (Å²) >= 11 is 0. The molecule has 0 bridgehead atoms. The quantitative estimate of drug-likeness (QED) is 0.294. The van der Waals surface area contributed by atoms with Crippen LogP contribution >= 0.6 is 0 Å². The summed E-state index contributed by atoms with van der Waals surface area (Å²) in [4.78, 5) is 27.1. The number of Topliss-reactive ketones (excluding diaryl/α,β-unsaturated/α-hetero) is 1. The number of likely N-dealkylation sites (tertiary alicyclic amines) is 1. The number of methoxy groups -OCH3 is 1. The number of rotatable bonds is 9. The maximum Gasteiger partial charge on any atom is 0.295 e. The number of carbonyl (C=O) groups is 2. The van der Waals surface area contributed by atoms with Gasteiger partial charge in [-0.25, -0.2) is 0 Å². The second-order valence-corrected chi connectivity index (χ2v) is 7.13. The monoisotopic (exact) mass is 409 g/mol. The number of hydrogen-bond donors (Lipinski definition) is 1. The Morgan fingerprint density at radius 2 is 1.83 bits per heavy atom. The molecule has 1 atom stereocenters. The summed E-state index contributed by atoms with van der Waals surface area (Å²) in [5.41, 5.74) is 1.27. The Kier molecular flexibility index (Phi) is 7.25. The number of aliphatic hydroxyl groups excluding tert-OH is 1. The highest BCUT2D eigenvalue weighted by Gasteiger charge is 2.45. The Morgan fingerprint density at radius 1 is 1.07 bits per heavy atom. The SMILES string of the molecule is CCCCOc1cccc(C(O)=C2C(=O)C(=O)N(CCOC)C2c2ccccc2)c1. The molecule has 1 aliphatic heterocycles. The standard InChI is InChI=1S/C24H27NO5/c1-3-4-14-30-19-12-8-11-18(16-19)22(26)20-21(17-9-6-5-7-10-17)25(13-15-29-2)24(28)23(20)27/h5-12,16,21,26H,3-4,13-15H2,1-2H3. The number of amides is 1. The Bertz CT molecular complexity index is 922. The van der Waals surface area contributed by atoms with Crippen molar-refractivity contribution in [3.05, 3.63) is 71.3 Å². The first kappa shape index (κ1) is 21.6. The van der Waals surface area contributed by atoms with Crippen molar-refractivity contribution in [2.24, 2.45) is 0 Å². The second kappa shape index (κ2) is 10.1. The maximum absolute atomic E-state index is 12.9. The van der Waals surface area contributed by atoms with Crippen LogP contribution in [-0.2, 0) is 14.3 Å². The van der Waals surface area contributed by atoms with Crippen molar-refractivity contribution in [2.45, 2.75) is 25.8 Å². The van der Waals surface area contributed by atoms with E-state index in [-0.39, 0.29) is 24.5 Å². The minimum absolute atomic E-state index is 0.0769. The van der Waals surface area contributed by atoms with Crippen molar-refractivity contribution >= 4 is 17.4 Å². The molecule has 0 saturated carbocycles. The van der Waals surface area contributed by atoms with Gasteiger partial charge in [-0.3, -0.25) is 9.59 Å². The lowest BCUT2D eigenvalue weighted by Crippen LogP contribution is -2.32. The molecular weight excluding hydrogens is 382 g/mol. The number of aliphatic hydroxyl groups is 1. The summed E-state index contributed by atoms with van der Waals surface area (Å²) < 4.78 is 10.8. The summed E-state index contributed by atoms with van der Waals surface area (Å²) in [5, 5.41) is 11.1. The number of benzene rings is 2. The number of carbonyl (C=O) groups excluding carboxylic acids is 2. The zero-order chi connectivity index (χ0) is 21.5. The molecule has 1 heterocycles. The van der Waals surface area contributed by atoms with Gasteiger partial charge in [0.05, 0.1) is 24.8 Å². The third-order valence-corrected chi connectivity index (χ3v) is 5.07. The highest BCUT2D eigenvalue weighted by molar-refractivity contribution is 6.46. The van der Waals surface area contributed by atoms with Crippen LogP contribution in [0.5, 0.6) is 5.75 Å². The minimum Gasteiger partial charge on any atom is -0.507 e. The van der Waals surface area contributed by atoms with Crippen molar-refractivity contribution < 1.29 is 24.2 Å². The van der Waals surface area contributed by atoms with Crippen LogP contribution in [0.2, 0.25) is 0 Å². The topological polar surface area (TPSA) is 76.1 Å². The predicted molar refractivity (Wildman–Crippen MR) is 114 cm³/mol. The fourth-order valence-electron chi connectivity index (χ4n) is 3.51. The van der Waals surface area contributed by atoms with Gasteiger partial charge >= 0.3 is 0 Å². The highest BCUT2D eigenvalue weighted by atomic mass is 16.5. The fourth-order valence-corrected chi connectivity index (χ4v) is 3.51. The van der Waals surface area contributed by atoms with Crippen LogP contribution in [0.1, 0.15) is 36.9 Å². The molecule has 6 nitrogen and oxygen atoms in total. The van der Waals surface area contributed by atoms with Gasteiger partial charge in [0.15, 0.2) is 0 Å². The molecule has 1 N–H and O–H groups in total. The van der Waals surface area contributed by atoms with Crippen LogP contribution in [0.15, 0.2) is 60.2 Å². The molecule has 0 spiro atoms. The largest absolute Gasteiger partial charge is 0.507 e. The van der Waals surface area contributed by atoms with Crippen LogP contribution in [0.25, 0.3) is 5.76 Å². The van der Waals surface area contributed by atoms with E-state index in [1.165, 1.54) is 12.0 Å². The van der Waals surface area contributed by atoms with Crippen molar-refractivity contribution in [1.29, 1.82) is 0 Å². The number of hydrogen-bond acceptors (Lipinski definition) is 5. The number of unbranched alkanes of at least 4 members (excludes halogenated alkanes) is 1. The maximum atomic E-state index is 12.9. The lowest BCUT2D eigenvalue weighted by molar-refractivity contribution is -0.140. The first-order valence-electron chi connectivity index (χ1n) is 10.1. The van der Waals surface area contributed by atoms with Gasteiger partial charge in [0.2, 0.25) is 0 Å². The molecule has 6 heteroatoms. The van der Waals surface area contributed by atoms with Gasteiger partial charge in [-0.15, -0.1) is 0 Å². The third kappa shape index (κ3) is 4.54. The van der Waals surface area contributed by atoms with E-state index in [0.717, 1.165) is 18.4 Å². The summed E-state index contributed by atoms with van der Waals surface area (Å²) in [5.74, 6) is -0.937. The third-order valence-electron chi connectivity index (χ3n) is 5.07. The van der Waals surface area contributed by atoms with Crippen molar-refractivity contribution in [3.63, 3.8) is 0 Å². The summed E-state index contributed by atoms with van der Waals surface area (Å²) in [6.45, 7) is 3.19. The van der Waals surface area contributed by atoms with E-state index in [9.17, 15) is 14.7 Å². The predicted octanol–water partition coefficient (Wildman–Crippen LogP) is 3.93. The molecule has 1 saturated heterocycles. The summed E-state index contributed by atoms with van der Waals surface area (Å²) in [6.07, 6.45) is 1.94. The van der Waals surface area contributed by atoms with Crippen molar-refractivity contribution in [2.75, 3.05) is 26.9 Å². The van der Waals surface area contributed by atoms with E-state index in [1.807, 2.05) is 30.3 Å². The average molecular weight is 409 g/mol. The smallest absolute Gasteiger partial charge is 0.295 e. The minimum atomic E-state index is -0.699. The lowest BCUT2D eigenvalue weighted by atomic mass is 9.95. The van der Waals surface area contributed by atoms with Crippen LogP contribution < -0.4 is 4.74 Å². The highest BCUT2D eigenvalue weighted by Crippen LogP contribution is 2.39. The number of ketones is 1. The van der Waals surface area contributed by atoms with Gasteiger partial charge < -0.3 is 19.5 Å². The Morgan fingerprint density at radius 3 is 2.53 bits per heavy atom. The molecule has 3 rings (SSSR count). The molecule has 2 aromatic carbocycles. The molecular formula is C24H27NO5. The first-order chi connectivity index (χ1) is 14.6. The van der Waals surface area contributed by atoms with E-state index in [1.54, 1.807) is 24.3 Å². The molecule has 30 heavy (non-hydrogen) atoms. The normalized spacial score (nSPS) is 18.1. The van der Waals surface area contributed by atoms with E-state index in [2.05, 4.69) is 6.92 Å². The molecule has 0 aliphatic carbocycles. The van der Waals surface area contributed by atoms with E-state index >= 15 is 0 Å². The number of ether oxygens (including phenoxy) is 2. The van der Waals surface area contributed by atoms with Crippen molar-refractivity contribution in [1.82, 2.24) is 4.90 Å². The molecule has 158 valence electrons. The Labute approximate surface area is 176 Å². The van der Waals surface area contributed by atoms with Gasteiger partial charge in [0.1, 0.15) is 11.5 Å². The van der Waals surface area contributed by atoms with Gasteiger partial charge in [-0.1, -0.05) is 55.8 Å². The second-order valence-electron chi connectivity index (χ2n) is 7.13. The average Bonchev–Trinajstić information content (AvgIpc) is 3.03. The molecule has 0 aromatic heterocycles. The molecule has 2 aromatic rings. The van der Waals surface area contributed by atoms with Gasteiger partial charge in [0.25, 0.3) is 11.7 Å². The van der Waals surface area contributed by atoms with Crippen LogP contribution in [0, 0.1) is 0 Å². The Hall–Kier alpha value is -3.12. The van der Waals surface area contributed by atoms with Crippen LogP contribution in [0.4, 0.5) is 0 Å². The molecule has 1 aliphatic rings. The van der Waals surface area contributed by atoms with Crippen LogP contribution in [-0.4, -0.2) is 48.6 Å². The Balaban J connectivity index is 2.04. The molecule has 1 unspecified atom stereocenters. The van der Waals surface area contributed by atoms with Crippen molar-refractivity contribution in [3.8, 4) is 5.75 Å². The summed E-state index contributed by atoms with van der Waals surface area (Å²) in [7, 11) is 1.54. The van der Waals surface area contributed by atoms with Gasteiger partial charge in [-0.2, -0.15) is 0 Å². The molecule has 1 amide bonds. The van der Waals surface area contributed by atoms with Crippen LogP contribution in [0.3, 0.4) is 0 Å².